The summed E-state index contributed by atoms with van der Waals surface area (Å²) in [5.74, 6) is -0.0602. The molecule has 0 radical (unpaired) electrons. The lowest BCUT2D eigenvalue weighted by atomic mass is 9.91. The Bertz CT molecular complexity index is 893. The van der Waals surface area contributed by atoms with Crippen molar-refractivity contribution in [2.24, 2.45) is 5.92 Å². The van der Waals surface area contributed by atoms with Crippen molar-refractivity contribution in [2.75, 3.05) is 0 Å². The molecular formula is C19H20F3N3O2S. The van der Waals surface area contributed by atoms with Crippen molar-refractivity contribution in [1.82, 2.24) is 15.2 Å². The molecule has 9 heteroatoms. The fourth-order valence-electron chi connectivity index (χ4n) is 3.32. The summed E-state index contributed by atoms with van der Waals surface area (Å²) >= 11 is 1.25. The highest BCUT2D eigenvalue weighted by Crippen LogP contribution is 2.32. The number of hydrogen-bond donors (Lipinski definition) is 1. The van der Waals surface area contributed by atoms with Crippen LogP contribution in [0.15, 0.2) is 29.6 Å². The van der Waals surface area contributed by atoms with Crippen LogP contribution in [0.2, 0.25) is 0 Å². The van der Waals surface area contributed by atoms with E-state index in [2.05, 4.69) is 10.3 Å². The van der Waals surface area contributed by atoms with Crippen LogP contribution in [0.4, 0.5) is 18.0 Å². The van der Waals surface area contributed by atoms with E-state index in [0.29, 0.717) is 22.7 Å². The number of alkyl halides is 3. The van der Waals surface area contributed by atoms with E-state index in [-0.39, 0.29) is 18.4 Å². The summed E-state index contributed by atoms with van der Waals surface area (Å²) < 4.78 is 38.0. The first-order valence-corrected chi connectivity index (χ1v) is 9.64. The Morgan fingerprint density at radius 3 is 2.43 bits per heavy atom. The molecule has 1 aromatic carbocycles. The molecule has 3 rings (SSSR count). The van der Waals surface area contributed by atoms with Crippen molar-refractivity contribution < 1.29 is 22.8 Å². The minimum atomic E-state index is -4.39. The summed E-state index contributed by atoms with van der Waals surface area (Å²) in [7, 11) is 0. The normalized spacial score (nSPS) is 20.2. The zero-order valence-corrected chi connectivity index (χ0v) is 16.4. The fourth-order valence-corrected chi connectivity index (χ4v) is 4.14. The first-order chi connectivity index (χ1) is 13.0. The molecule has 1 unspecified atom stereocenters. The SMILES string of the molecule is CC(C)CC1(C)NC(=O)N(Cc2csc(-c3ccc(C(F)(F)F)cc3)n2)C1=O. The van der Waals surface area contributed by atoms with Gasteiger partial charge >= 0.3 is 12.2 Å². The highest BCUT2D eigenvalue weighted by atomic mass is 32.1. The largest absolute Gasteiger partial charge is 0.416 e. The van der Waals surface area contributed by atoms with Crippen LogP contribution in [-0.2, 0) is 17.5 Å². The number of amides is 3. The molecule has 2 heterocycles. The average molecular weight is 411 g/mol. The molecule has 1 N–H and O–H groups in total. The van der Waals surface area contributed by atoms with Crippen LogP contribution in [0.3, 0.4) is 0 Å². The lowest BCUT2D eigenvalue weighted by Gasteiger charge is -2.23. The quantitative estimate of drug-likeness (QED) is 0.727. The molecule has 150 valence electrons. The molecule has 1 atom stereocenters. The molecule has 0 saturated carbocycles. The van der Waals surface area contributed by atoms with E-state index in [9.17, 15) is 22.8 Å². The van der Waals surface area contributed by atoms with Gasteiger partial charge in [0.05, 0.1) is 17.8 Å². The fraction of sp³-hybridized carbons (Fsp3) is 0.421. The number of urea groups is 1. The minimum Gasteiger partial charge on any atom is -0.323 e. The Balaban J connectivity index is 1.74. The van der Waals surface area contributed by atoms with Gasteiger partial charge in [-0.3, -0.25) is 9.69 Å². The van der Waals surface area contributed by atoms with Crippen molar-refractivity contribution in [3.8, 4) is 10.6 Å². The molecule has 1 aliphatic rings. The number of imide groups is 1. The monoisotopic (exact) mass is 411 g/mol. The first-order valence-electron chi connectivity index (χ1n) is 8.76. The summed E-state index contributed by atoms with van der Waals surface area (Å²) in [5.41, 5.74) is -0.600. The predicted molar refractivity (Wildman–Crippen MR) is 99.5 cm³/mol. The van der Waals surface area contributed by atoms with Crippen molar-refractivity contribution in [3.05, 3.63) is 40.9 Å². The maximum Gasteiger partial charge on any atom is 0.416 e. The van der Waals surface area contributed by atoms with Gasteiger partial charge in [0, 0.05) is 10.9 Å². The number of aromatic nitrogens is 1. The lowest BCUT2D eigenvalue weighted by Crippen LogP contribution is -2.44. The third-order valence-corrected chi connectivity index (χ3v) is 5.43. The number of hydrogen-bond acceptors (Lipinski definition) is 4. The summed E-state index contributed by atoms with van der Waals surface area (Å²) in [6.07, 6.45) is -3.86. The first kappa shape index (κ1) is 20.3. The smallest absolute Gasteiger partial charge is 0.323 e. The van der Waals surface area contributed by atoms with Crippen LogP contribution in [0.5, 0.6) is 0 Å². The summed E-state index contributed by atoms with van der Waals surface area (Å²) in [5, 5.41) is 4.98. The molecule has 28 heavy (non-hydrogen) atoms. The molecule has 0 bridgehead atoms. The van der Waals surface area contributed by atoms with Crippen LogP contribution in [-0.4, -0.2) is 27.4 Å². The second kappa shape index (κ2) is 7.20. The summed E-state index contributed by atoms with van der Waals surface area (Å²) in [6.45, 7) is 5.69. The van der Waals surface area contributed by atoms with E-state index in [1.54, 1.807) is 12.3 Å². The van der Waals surface area contributed by atoms with Crippen LogP contribution in [0, 0.1) is 5.92 Å². The zero-order valence-electron chi connectivity index (χ0n) is 15.6. The number of carbonyl (C=O) groups is 2. The van der Waals surface area contributed by atoms with Gasteiger partial charge in [0.2, 0.25) is 0 Å². The van der Waals surface area contributed by atoms with Gasteiger partial charge in [-0.25, -0.2) is 9.78 Å². The lowest BCUT2D eigenvalue weighted by molar-refractivity contribution is -0.137. The van der Waals surface area contributed by atoms with Gasteiger partial charge in [0.1, 0.15) is 10.5 Å². The van der Waals surface area contributed by atoms with Gasteiger partial charge in [0.15, 0.2) is 0 Å². The molecule has 1 saturated heterocycles. The average Bonchev–Trinajstić information content (AvgIpc) is 3.13. The number of nitrogens with one attached hydrogen (secondary N) is 1. The van der Waals surface area contributed by atoms with Gasteiger partial charge in [-0.1, -0.05) is 26.0 Å². The Morgan fingerprint density at radius 2 is 1.86 bits per heavy atom. The van der Waals surface area contributed by atoms with Gasteiger partial charge in [-0.05, 0) is 31.4 Å². The van der Waals surface area contributed by atoms with E-state index in [4.69, 9.17) is 0 Å². The molecule has 1 aromatic heterocycles. The van der Waals surface area contributed by atoms with Crippen LogP contribution in [0.1, 0.15) is 38.4 Å². The second-order valence-corrected chi connectivity index (χ2v) is 8.33. The number of thiazole rings is 1. The minimum absolute atomic E-state index is 0.0233. The van der Waals surface area contributed by atoms with E-state index < -0.39 is 23.3 Å². The molecule has 3 amide bonds. The predicted octanol–water partition coefficient (Wildman–Crippen LogP) is 4.69. The van der Waals surface area contributed by atoms with Gasteiger partial charge in [-0.15, -0.1) is 11.3 Å². The van der Waals surface area contributed by atoms with Crippen LogP contribution < -0.4 is 5.32 Å². The summed E-state index contributed by atoms with van der Waals surface area (Å²) in [6, 6.07) is 4.27. The molecule has 0 spiro atoms. The highest BCUT2D eigenvalue weighted by Gasteiger charge is 2.47. The maximum atomic E-state index is 12.7. The summed E-state index contributed by atoms with van der Waals surface area (Å²) in [4.78, 5) is 30.5. The third kappa shape index (κ3) is 4.04. The molecular weight excluding hydrogens is 391 g/mol. The van der Waals surface area contributed by atoms with E-state index in [1.165, 1.54) is 23.5 Å². The molecule has 1 aliphatic heterocycles. The molecule has 0 aliphatic carbocycles. The topological polar surface area (TPSA) is 62.3 Å². The van der Waals surface area contributed by atoms with Crippen molar-refractivity contribution in [3.63, 3.8) is 0 Å². The van der Waals surface area contributed by atoms with E-state index in [0.717, 1.165) is 17.0 Å². The van der Waals surface area contributed by atoms with Gasteiger partial charge < -0.3 is 5.32 Å². The van der Waals surface area contributed by atoms with Gasteiger partial charge in [-0.2, -0.15) is 13.2 Å². The standard InChI is InChI=1S/C19H20F3N3O2S/c1-11(2)8-18(3)16(26)25(17(27)24-18)9-14-10-28-15(23-14)12-4-6-13(7-5-12)19(20,21)22/h4-7,10-11H,8-9H2,1-3H3,(H,24,27). The van der Waals surface area contributed by atoms with Crippen LogP contribution >= 0.6 is 11.3 Å². The van der Waals surface area contributed by atoms with E-state index in [1.807, 2.05) is 13.8 Å². The zero-order chi connectivity index (χ0) is 20.7. The Labute approximate surface area is 164 Å². The Kier molecular flexibility index (Phi) is 5.22. The Morgan fingerprint density at radius 1 is 1.21 bits per heavy atom. The Hall–Kier alpha value is -2.42. The van der Waals surface area contributed by atoms with Crippen molar-refractivity contribution in [2.45, 2.75) is 45.5 Å². The number of nitrogens with zero attached hydrogens (tertiary/aromatic N) is 2. The van der Waals surface area contributed by atoms with E-state index >= 15 is 0 Å². The molecule has 1 fully saturated rings. The van der Waals surface area contributed by atoms with Gasteiger partial charge in [0.25, 0.3) is 5.91 Å². The third-order valence-electron chi connectivity index (χ3n) is 4.49. The van der Waals surface area contributed by atoms with Crippen molar-refractivity contribution >= 4 is 23.3 Å². The van der Waals surface area contributed by atoms with Crippen LogP contribution in [0.25, 0.3) is 10.6 Å². The number of benzene rings is 1. The second-order valence-electron chi connectivity index (χ2n) is 7.47. The maximum absolute atomic E-state index is 12.7. The van der Waals surface area contributed by atoms with Crippen molar-refractivity contribution in [1.29, 1.82) is 0 Å². The molecule has 2 aromatic rings. The highest BCUT2D eigenvalue weighted by molar-refractivity contribution is 7.13. The number of halogens is 3. The number of rotatable bonds is 5. The molecule has 5 nitrogen and oxygen atoms in total. The number of carbonyl (C=O) groups excluding carboxylic acids is 2.